The first-order valence-corrected chi connectivity index (χ1v) is 8.52. The minimum Gasteiger partial charge on any atom is -0.280 e. The summed E-state index contributed by atoms with van der Waals surface area (Å²) in [5, 5.41) is -0.657. The van der Waals surface area contributed by atoms with Crippen molar-refractivity contribution in [1.82, 2.24) is 0 Å². The normalized spacial score (nSPS) is 19.5. The molecule has 1 N–H and O–H groups in total. The van der Waals surface area contributed by atoms with Gasteiger partial charge >= 0.3 is 0 Å². The second-order valence-corrected chi connectivity index (χ2v) is 7.41. The zero-order valence-electron chi connectivity index (χ0n) is 12.1. The highest BCUT2D eigenvalue weighted by molar-refractivity contribution is 7.93. The Hall–Kier alpha value is -1.43. The molecule has 1 atom stereocenters. The molecule has 1 unspecified atom stereocenters. The van der Waals surface area contributed by atoms with E-state index in [1.807, 2.05) is 19.9 Å². The Bertz CT molecular complexity index is 654. The molecule has 0 amide bonds. The molecule has 0 aromatic heterocycles. The Morgan fingerprint density at radius 3 is 2.62 bits per heavy atom. The monoisotopic (exact) mass is 315 g/mol. The minimum atomic E-state index is -3.75. The van der Waals surface area contributed by atoms with Crippen LogP contribution in [0, 0.1) is 17.6 Å². The molecule has 0 spiro atoms. The summed E-state index contributed by atoms with van der Waals surface area (Å²) in [5.74, 6) is -1.54. The van der Waals surface area contributed by atoms with Crippen molar-refractivity contribution in [1.29, 1.82) is 0 Å². The Morgan fingerprint density at radius 2 is 2.00 bits per heavy atom. The van der Waals surface area contributed by atoms with Gasteiger partial charge in [0, 0.05) is 6.07 Å². The Kier molecular flexibility index (Phi) is 4.66. The second kappa shape index (κ2) is 6.13. The molecule has 3 nitrogen and oxygen atoms in total. The van der Waals surface area contributed by atoms with Gasteiger partial charge in [0.1, 0.15) is 16.9 Å². The number of allylic oxidation sites excluding steroid dienone is 1. The van der Waals surface area contributed by atoms with E-state index in [0.29, 0.717) is 12.5 Å². The van der Waals surface area contributed by atoms with Crippen molar-refractivity contribution in [2.45, 2.75) is 38.4 Å². The van der Waals surface area contributed by atoms with E-state index in [1.54, 1.807) is 0 Å². The average Bonchev–Trinajstić information content (AvgIpc) is 2.42. The molecule has 116 valence electrons. The maximum atomic E-state index is 13.6. The van der Waals surface area contributed by atoms with Crippen LogP contribution in [0.4, 0.5) is 14.5 Å². The average molecular weight is 315 g/mol. The molecule has 1 aliphatic carbocycles. The molecular formula is C15H19F2NO2S. The van der Waals surface area contributed by atoms with Gasteiger partial charge in [-0.2, -0.15) is 0 Å². The van der Waals surface area contributed by atoms with Crippen LogP contribution in [0.15, 0.2) is 29.8 Å². The Labute approximate surface area is 124 Å². The summed E-state index contributed by atoms with van der Waals surface area (Å²) >= 11 is 0. The van der Waals surface area contributed by atoms with Crippen molar-refractivity contribution >= 4 is 15.7 Å². The van der Waals surface area contributed by atoms with Crippen molar-refractivity contribution in [2.75, 3.05) is 4.72 Å². The molecule has 0 aliphatic heterocycles. The SMILES string of the molecule is CC(C)C1=CCCCC1S(=O)(=O)Nc1ccc(F)cc1F. The van der Waals surface area contributed by atoms with E-state index < -0.39 is 26.9 Å². The molecule has 0 bridgehead atoms. The van der Waals surface area contributed by atoms with Gasteiger partial charge in [-0.05, 0) is 37.3 Å². The number of rotatable bonds is 4. The van der Waals surface area contributed by atoms with Crippen LogP contribution in [0.25, 0.3) is 0 Å². The van der Waals surface area contributed by atoms with Crippen LogP contribution in [0.2, 0.25) is 0 Å². The number of sulfonamides is 1. The van der Waals surface area contributed by atoms with E-state index in [-0.39, 0.29) is 11.6 Å². The number of halogens is 2. The summed E-state index contributed by atoms with van der Waals surface area (Å²) in [5.41, 5.74) is 0.640. The van der Waals surface area contributed by atoms with Crippen LogP contribution in [0.1, 0.15) is 33.1 Å². The molecule has 0 fully saturated rings. The highest BCUT2D eigenvalue weighted by Crippen LogP contribution is 2.31. The lowest BCUT2D eigenvalue weighted by atomic mass is 9.91. The van der Waals surface area contributed by atoms with Crippen molar-refractivity contribution in [3.8, 4) is 0 Å². The molecule has 6 heteroatoms. The van der Waals surface area contributed by atoms with Crippen LogP contribution in [-0.4, -0.2) is 13.7 Å². The first-order valence-electron chi connectivity index (χ1n) is 6.98. The molecule has 1 aromatic rings. The molecule has 1 aromatic carbocycles. The largest absolute Gasteiger partial charge is 0.280 e. The van der Waals surface area contributed by atoms with E-state index in [1.165, 1.54) is 0 Å². The van der Waals surface area contributed by atoms with Crippen molar-refractivity contribution in [3.63, 3.8) is 0 Å². The molecular weight excluding hydrogens is 296 g/mol. The van der Waals surface area contributed by atoms with Crippen LogP contribution in [0.5, 0.6) is 0 Å². The lowest BCUT2D eigenvalue weighted by Gasteiger charge is -2.27. The van der Waals surface area contributed by atoms with Crippen LogP contribution < -0.4 is 4.72 Å². The fourth-order valence-electron chi connectivity index (χ4n) is 2.61. The molecule has 0 saturated heterocycles. The number of hydrogen-bond acceptors (Lipinski definition) is 2. The predicted molar refractivity (Wildman–Crippen MR) is 79.5 cm³/mol. The maximum Gasteiger partial charge on any atom is 0.239 e. The molecule has 21 heavy (non-hydrogen) atoms. The zero-order chi connectivity index (χ0) is 15.6. The summed E-state index contributed by atoms with van der Waals surface area (Å²) < 4.78 is 53.7. The first kappa shape index (κ1) is 15.9. The van der Waals surface area contributed by atoms with Gasteiger partial charge in [0.05, 0.1) is 5.69 Å². The van der Waals surface area contributed by atoms with E-state index in [2.05, 4.69) is 4.72 Å². The maximum absolute atomic E-state index is 13.6. The Morgan fingerprint density at radius 1 is 1.29 bits per heavy atom. The van der Waals surface area contributed by atoms with Gasteiger partial charge in [0.25, 0.3) is 0 Å². The molecule has 0 radical (unpaired) electrons. The summed E-state index contributed by atoms with van der Waals surface area (Å²) in [7, 11) is -3.75. The van der Waals surface area contributed by atoms with Crippen LogP contribution >= 0.6 is 0 Å². The number of anilines is 1. The molecule has 0 saturated carbocycles. The third-order valence-corrected chi connectivity index (χ3v) is 5.41. The fraction of sp³-hybridized carbons (Fsp3) is 0.467. The highest BCUT2D eigenvalue weighted by Gasteiger charge is 2.32. The fourth-order valence-corrected chi connectivity index (χ4v) is 4.43. The van der Waals surface area contributed by atoms with E-state index in [4.69, 9.17) is 0 Å². The minimum absolute atomic E-state index is 0.116. The van der Waals surface area contributed by atoms with Gasteiger partial charge in [0.2, 0.25) is 10.0 Å². The Balaban J connectivity index is 2.29. The van der Waals surface area contributed by atoms with Gasteiger partial charge in [0.15, 0.2) is 0 Å². The predicted octanol–water partition coefficient (Wildman–Crippen LogP) is 3.84. The quantitative estimate of drug-likeness (QED) is 0.858. The van der Waals surface area contributed by atoms with Crippen LogP contribution in [0.3, 0.4) is 0 Å². The molecule has 0 heterocycles. The summed E-state index contributed by atoms with van der Waals surface area (Å²) in [6, 6.07) is 2.79. The van der Waals surface area contributed by atoms with Gasteiger partial charge in [-0.15, -0.1) is 0 Å². The van der Waals surface area contributed by atoms with E-state index in [9.17, 15) is 17.2 Å². The van der Waals surface area contributed by atoms with E-state index >= 15 is 0 Å². The lowest BCUT2D eigenvalue weighted by Crippen LogP contribution is -2.33. The number of benzene rings is 1. The summed E-state index contributed by atoms with van der Waals surface area (Å²) in [6.45, 7) is 3.89. The summed E-state index contributed by atoms with van der Waals surface area (Å²) in [4.78, 5) is 0. The third kappa shape index (κ3) is 3.61. The van der Waals surface area contributed by atoms with Crippen LogP contribution in [-0.2, 0) is 10.0 Å². The van der Waals surface area contributed by atoms with Crippen molar-refractivity contribution in [3.05, 3.63) is 41.5 Å². The lowest BCUT2D eigenvalue weighted by molar-refractivity contribution is 0.556. The van der Waals surface area contributed by atoms with Gasteiger partial charge in [-0.25, -0.2) is 17.2 Å². The molecule has 1 aliphatic rings. The van der Waals surface area contributed by atoms with Crippen molar-refractivity contribution in [2.24, 2.45) is 5.92 Å². The molecule has 2 rings (SSSR count). The topological polar surface area (TPSA) is 46.2 Å². The number of hydrogen-bond donors (Lipinski definition) is 1. The smallest absolute Gasteiger partial charge is 0.239 e. The standard InChI is InChI=1S/C15H19F2NO2S/c1-10(2)12-5-3-4-6-15(12)21(19,20)18-14-8-7-11(16)9-13(14)17/h5,7-10,15,18H,3-4,6H2,1-2H3. The van der Waals surface area contributed by atoms with Gasteiger partial charge in [-0.1, -0.05) is 25.5 Å². The summed E-state index contributed by atoms with van der Waals surface area (Å²) in [6.07, 6.45) is 4.12. The zero-order valence-corrected chi connectivity index (χ0v) is 12.9. The second-order valence-electron chi connectivity index (χ2n) is 5.55. The first-order chi connectivity index (χ1) is 9.81. The third-order valence-electron chi connectivity index (χ3n) is 3.65. The van der Waals surface area contributed by atoms with Crippen molar-refractivity contribution < 1.29 is 17.2 Å². The number of nitrogens with one attached hydrogen (secondary N) is 1. The van der Waals surface area contributed by atoms with Gasteiger partial charge in [-0.3, -0.25) is 4.72 Å². The van der Waals surface area contributed by atoms with E-state index in [0.717, 1.165) is 30.5 Å². The van der Waals surface area contributed by atoms with Gasteiger partial charge < -0.3 is 0 Å². The highest BCUT2D eigenvalue weighted by atomic mass is 32.2.